The zero-order chi connectivity index (χ0) is 90.0. The number of ketones is 5. The number of hydrogen-bond donors (Lipinski definition) is 6. The summed E-state index contributed by atoms with van der Waals surface area (Å²) in [6.45, 7) is 21.4. The summed E-state index contributed by atoms with van der Waals surface area (Å²) in [5, 5.41) is 33.4. The van der Waals surface area contributed by atoms with Gasteiger partial charge in [-0.2, -0.15) is 5.06 Å². The lowest BCUT2D eigenvalue weighted by Crippen LogP contribution is -2.58. The van der Waals surface area contributed by atoms with Crippen molar-refractivity contribution in [1.29, 1.82) is 0 Å². The maximum absolute atomic E-state index is 13.8. The average Bonchev–Trinajstić information content (AvgIpc) is 0.786. The fourth-order valence-electron chi connectivity index (χ4n) is 16.8. The SMILES string of the molecule is CC(=O)C1=C(C)NC(=S)NC1c1ccc(F)cc1Cl.CC(=O)C1=C(CCC2CC(C)(C)N(O)C(C)(C)C2)NC(c2ccncc2)=NC1c1ccc(F)cc1Cl.CC(=O)C1=C(CN2CCC(=O)CC2)NC(c2ccccn2)=NC1c1ccc(F)cc1Cl.CC(=O)C1=C(CN2CCN(C(=O)CCCCCN=[N+]=[N-])CC2)NC(c2ccccn2)=NC1c1ccccc1Cl. The van der Waals surface area contributed by atoms with Gasteiger partial charge in [-0.3, -0.25) is 68.5 Å². The number of likely N-dealkylation sites (tertiary alicyclic amines) is 1. The molecule has 6 N–H and O–H groups in total. The van der Waals surface area contributed by atoms with E-state index in [0.717, 1.165) is 61.0 Å². The summed E-state index contributed by atoms with van der Waals surface area (Å²) in [6, 6.07) is 32.3. The van der Waals surface area contributed by atoms with Gasteiger partial charge < -0.3 is 36.7 Å². The first kappa shape index (κ1) is 95.0. The van der Waals surface area contributed by atoms with Crippen molar-refractivity contribution < 1.29 is 47.1 Å². The van der Waals surface area contributed by atoms with Gasteiger partial charge in [-0.25, -0.2) is 13.2 Å². The molecule has 33 heteroatoms. The predicted molar refractivity (Wildman–Crippen MR) is 484 cm³/mol. The molecular weight excluding hydrogens is 1700 g/mol. The Morgan fingerprint density at radius 1 is 0.552 bits per heavy atom. The van der Waals surface area contributed by atoms with Gasteiger partial charge in [-0.15, -0.1) is 0 Å². The van der Waals surface area contributed by atoms with Crippen molar-refractivity contribution in [1.82, 2.24) is 61.3 Å². The molecule has 10 heterocycles. The van der Waals surface area contributed by atoms with E-state index in [-0.39, 0.29) is 61.0 Å². The third-order valence-electron chi connectivity index (χ3n) is 22.6. The number of piperazine rings is 1. The molecule has 125 heavy (non-hydrogen) atoms. The Hall–Kier alpha value is -10.7. The van der Waals surface area contributed by atoms with Crippen LogP contribution in [0.1, 0.15) is 190 Å². The lowest BCUT2D eigenvalue weighted by molar-refractivity contribution is -0.251. The minimum atomic E-state index is -0.690. The minimum absolute atomic E-state index is 0.0690. The predicted octanol–water partition coefficient (Wildman–Crippen LogP) is 17.3. The summed E-state index contributed by atoms with van der Waals surface area (Å²) in [5.74, 6) is 0.756. The first-order chi connectivity index (χ1) is 59.7. The Morgan fingerprint density at radius 3 is 1.48 bits per heavy atom. The number of halogens is 7. The number of amidine groups is 3. The molecule has 14 rings (SSSR count). The van der Waals surface area contributed by atoms with Crippen LogP contribution in [0.2, 0.25) is 20.1 Å². The zero-order valence-electron chi connectivity index (χ0n) is 71.0. The fraction of sp³-hybridized carbons (Fsp3) is 0.380. The summed E-state index contributed by atoms with van der Waals surface area (Å²) in [5.41, 5.74) is 17.4. The van der Waals surface area contributed by atoms with Crippen LogP contribution in [0.15, 0.2) is 217 Å². The molecule has 4 aromatic carbocycles. The number of nitrogens with zero attached hydrogens (tertiary/aromatic N) is 13. The van der Waals surface area contributed by atoms with E-state index in [0.29, 0.717) is 180 Å². The Kier molecular flexibility index (Phi) is 33.0. The number of allylic oxidation sites excluding steroid dienone is 2. The van der Waals surface area contributed by atoms with E-state index in [1.165, 1.54) is 62.2 Å². The van der Waals surface area contributed by atoms with E-state index in [2.05, 4.69) is 89.1 Å². The number of carbonyl (C=O) groups is 6. The number of pyridine rings is 3. The number of azide groups is 1. The molecule has 3 saturated heterocycles. The Balaban J connectivity index is 0.000000166. The van der Waals surface area contributed by atoms with Crippen molar-refractivity contribution in [3.8, 4) is 0 Å². The quantitative estimate of drug-likeness (QED) is 0.0108. The van der Waals surface area contributed by atoms with Gasteiger partial charge in [0.05, 0.1) is 6.04 Å². The lowest BCUT2D eigenvalue weighted by Gasteiger charge is -2.51. The summed E-state index contributed by atoms with van der Waals surface area (Å²) in [7, 11) is 0. The monoisotopic (exact) mass is 1800 g/mol. The van der Waals surface area contributed by atoms with Crippen LogP contribution in [0.3, 0.4) is 0 Å². The number of rotatable bonds is 24. The largest absolute Gasteiger partial charge is 0.351 e. The lowest BCUT2D eigenvalue weighted by atomic mass is 9.73. The molecule has 4 unspecified atom stereocenters. The van der Waals surface area contributed by atoms with Gasteiger partial charge in [0.25, 0.3) is 0 Å². The van der Waals surface area contributed by atoms with Crippen LogP contribution in [0, 0.1) is 23.4 Å². The number of unbranched alkanes of at least 4 members (excludes halogenated alkanes) is 2. The van der Waals surface area contributed by atoms with Gasteiger partial charge in [-0.1, -0.05) is 106 Å². The maximum Gasteiger partial charge on any atom is 0.222 e. The van der Waals surface area contributed by atoms with Gasteiger partial charge in [0.15, 0.2) is 39.9 Å². The second-order valence-electron chi connectivity index (χ2n) is 32.7. The van der Waals surface area contributed by atoms with Gasteiger partial charge in [0.1, 0.15) is 58.6 Å². The normalized spacial score (nSPS) is 19.7. The first-order valence-corrected chi connectivity index (χ1v) is 43.2. The minimum Gasteiger partial charge on any atom is -0.351 e. The Labute approximate surface area is 750 Å². The second-order valence-corrected chi connectivity index (χ2v) is 34.7. The Bertz CT molecular complexity index is 5460. The van der Waals surface area contributed by atoms with Crippen LogP contribution >= 0.6 is 58.6 Å². The second kappa shape index (κ2) is 43.5. The van der Waals surface area contributed by atoms with E-state index in [1.54, 1.807) is 56.8 Å². The molecule has 0 spiro atoms. The molecule has 7 aliphatic rings. The van der Waals surface area contributed by atoms with Crippen molar-refractivity contribution in [3.05, 3.63) is 284 Å². The van der Waals surface area contributed by atoms with E-state index < -0.39 is 41.6 Å². The highest BCUT2D eigenvalue weighted by atomic mass is 35.5. The smallest absolute Gasteiger partial charge is 0.222 e. The molecule has 7 aliphatic heterocycles. The summed E-state index contributed by atoms with van der Waals surface area (Å²) in [4.78, 5) is 111. The van der Waals surface area contributed by atoms with E-state index >= 15 is 0 Å². The van der Waals surface area contributed by atoms with Crippen LogP contribution < -0.4 is 26.6 Å². The van der Waals surface area contributed by atoms with Crippen LogP contribution in [-0.4, -0.2) is 167 Å². The maximum atomic E-state index is 13.8. The van der Waals surface area contributed by atoms with E-state index in [4.69, 9.17) is 79.1 Å². The molecule has 656 valence electrons. The number of benzene rings is 4. The molecule has 0 bridgehead atoms. The molecule has 25 nitrogen and oxygen atoms in total. The number of hydroxylamine groups is 2. The van der Waals surface area contributed by atoms with Crippen molar-refractivity contribution >= 4 is 116 Å². The highest BCUT2D eigenvalue weighted by Crippen LogP contribution is 2.45. The number of amides is 1. The average molecular weight is 1800 g/mol. The molecule has 0 saturated carbocycles. The molecule has 3 aromatic heterocycles. The molecule has 3 fully saturated rings. The molecule has 1 amide bonds. The number of aliphatic imine (C=N–C) groups is 3. The number of carbonyl (C=O) groups excluding carboxylic acids is 6. The zero-order valence-corrected chi connectivity index (χ0v) is 74.9. The van der Waals surface area contributed by atoms with Gasteiger partial charge >= 0.3 is 0 Å². The highest BCUT2D eigenvalue weighted by Gasteiger charge is 2.46. The van der Waals surface area contributed by atoms with Crippen LogP contribution in [0.4, 0.5) is 13.2 Å². The Morgan fingerprint density at radius 2 is 1.01 bits per heavy atom. The van der Waals surface area contributed by atoms with Gasteiger partial charge in [-0.05, 0) is 214 Å². The number of nitrogens with one attached hydrogen (secondary N) is 5. The van der Waals surface area contributed by atoms with Crippen molar-refractivity contribution in [3.63, 3.8) is 0 Å². The van der Waals surface area contributed by atoms with Crippen LogP contribution in [0.5, 0.6) is 0 Å². The van der Waals surface area contributed by atoms with Crippen molar-refractivity contribution in [2.75, 3.05) is 58.9 Å². The van der Waals surface area contributed by atoms with Crippen LogP contribution in [0.25, 0.3) is 10.4 Å². The standard InChI is InChI=1S/C28H34ClFN4O2.C28H33ClN8O2.C23H22ClFN4O2.C13H12ClFN2OS/c1-17(35)24-23(9-6-18-15-27(2,3)34(36)28(4,5)16-18)32-26(19-10-12-31-13-11-19)33-25(24)21-8-7-20(30)14-22(21)29;1-20(38)26-24(19-36-15-17-37(18-16-36)25(39)12-3-2-7-14-32-35-30)33-28(23-11-6-8-13-31-23)34-27(26)21-9-4-5-10-22(21)29;1-14(30)21-20(13-29-10-7-16(31)8-11-29)27-23(19-4-2-3-9-26-19)28-22(21)17-6-5-15(25)12-18(17)24;1-6-11(7(2)18)12(17-13(19)16-6)9-4-3-8(15)5-10(9)14/h7-8,10-14,18,25,36H,6,9,15-16H2,1-5H3,(H,32,33);4-6,8-11,13,27H,2-3,7,12,14-19H2,1H3,(H,33,34);2-6,9,12,22H,7-8,10-11,13H2,1H3,(H,27,28);3-5,12H,1-2H3,(H2,16,17,19). The molecule has 0 radical (unpaired) electrons. The third kappa shape index (κ3) is 24.7. The number of piperidine rings is 2. The number of hydrogen-bond acceptors (Lipinski definition) is 21. The number of aromatic nitrogens is 3. The summed E-state index contributed by atoms with van der Waals surface area (Å²) in [6.07, 6.45) is 13.9. The first-order valence-electron chi connectivity index (χ1n) is 41.3. The number of Topliss-reactive ketones (excluding diaryl/α,β-unsaturated/α-hetero) is 5. The topological polar surface area (TPSA) is 320 Å². The van der Waals surface area contributed by atoms with Crippen LogP contribution in [-0.2, 0) is 28.8 Å². The summed E-state index contributed by atoms with van der Waals surface area (Å²) >= 11 is 30.5. The molecule has 4 atom stereocenters. The third-order valence-corrected chi connectivity index (χ3v) is 24.1. The summed E-state index contributed by atoms with van der Waals surface area (Å²) < 4.78 is 40.6. The molecule has 7 aromatic rings. The van der Waals surface area contributed by atoms with Gasteiger partial charge in [0, 0.05) is 201 Å². The number of thiocarbonyl (C=S) groups is 1. The highest BCUT2D eigenvalue weighted by molar-refractivity contribution is 7.80. The van der Waals surface area contributed by atoms with E-state index in [9.17, 15) is 47.1 Å². The van der Waals surface area contributed by atoms with Crippen molar-refractivity contribution in [2.45, 2.75) is 162 Å². The molecular formula is C92H101Cl4F3N18O7S. The van der Waals surface area contributed by atoms with E-state index in [1.807, 2.05) is 77.7 Å². The fourth-order valence-corrected chi connectivity index (χ4v) is 18.1. The van der Waals surface area contributed by atoms with Gasteiger partial charge in [0.2, 0.25) is 5.91 Å². The van der Waals surface area contributed by atoms with Crippen molar-refractivity contribution in [2.24, 2.45) is 26.0 Å². The molecule has 0 aliphatic carbocycles.